The van der Waals surface area contributed by atoms with Crippen LogP contribution in [0.25, 0.3) is 22.4 Å². The molecule has 29 heavy (non-hydrogen) atoms. The van der Waals surface area contributed by atoms with E-state index in [1.165, 1.54) is 19.3 Å². The lowest BCUT2D eigenvalue weighted by Gasteiger charge is -2.44. The Balaban J connectivity index is 1.55. The topological polar surface area (TPSA) is 75.6 Å². The minimum absolute atomic E-state index is 0.0352. The Kier molecular flexibility index (Phi) is 4.42. The number of pyridine rings is 1. The average molecular weight is 394 g/mol. The van der Waals surface area contributed by atoms with Gasteiger partial charge in [0.25, 0.3) is 11.6 Å². The van der Waals surface area contributed by atoms with Crippen molar-refractivity contribution in [2.45, 2.75) is 46.1 Å². The van der Waals surface area contributed by atoms with Gasteiger partial charge in [0, 0.05) is 31.2 Å². The molecule has 7 nitrogen and oxygen atoms in total. The maximum atomic E-state index is 13.6. The van der Waals surface area contributed by atoms with E-state index in [4.69, 9.17) is 8.94 Å². The molecule has 0 aromatic carbocycles. The van der Waals surface area contributed by atoms with Crippen LogP contribution in [-0.2, 0) is 0 Å². The fourth-order valence-electron chi connectivity index (χ4n) is 4.80. The number of aryl methyl sites for hydroxylation is 3. The van der Waals surface area contributed by atoms with Crippen molar-refractivity contribution in [3.05, 3.63) is 34.9 Å². The summed E-state index contributed by atoms with van der Waals surface area (Å²) in [7, 11) is 0. The van der Waals surface area contributed by atoms with Gasteiger partial charge in [0.1, 0.15) is 11.5 Å². The lowest BCUT2D eigenvalue weighted by molar-refractivity contribution is 0.0374. The summed E-state index contributed by atoms with van der Waals surface area (Å²) in [6, 6.07) is 4.29. The quantitative estimate of drug-likeness (QED) is 0.659. The molecule has 0 N–H and O–H groups in total. The molecule has 0 saturated carbocycles. The first-order valence-corrected chi connectivity index (χ1v) is 10.4. The molecule has 1 atom stereocenters. The van der Waals surface area contributed by atoms with Gasteiger partial charge in [-0.25, -0.2) is 4.98 Å². The highest BCUT2D eigenvalue weighted by Crippen LogP contribution is 2.32. The van der Waals surface area contributed by atoms with Gasteiger partial charge in [-0.05, 0) is 52.3 Å². The number of carbonyl (C=O) groups is 1. The van der Waals surface area contributed by atoms with E-state index in [9.17, 15) is 4.79 Å². The zero-order chi connectivity index (χ0) is 20.1. The predicted molar refractivity (Wildman–Crippen MR) is 109 cm³/mol. The molecule has 1 amide bonds. The van der Waals surface area contributed by atoms with Crippen LogP contribution in [0.1, 0.15) is 46.8 Å². The van der Waals surface area contributed by atoms with Gasteiger partial charge in [-0.2, -0.15) is 0 Å². The van der Waals surface area contributed by atoms with Gasteiger partial charge < -0.3 is 13.8 Å². The first kappa shape index (κ1) is 18.4. The van der Waals surface area contributed by atoms with E-state index in [1.54, 1.807) is 0 Å². The van der Waals surface area contributed by atoms with Crippen molar-refractivity contribution in [1.82, 2.24) is 19.9 Å². The van der Waals surface area contributed by atoms with E-state index in [-0.39, 0.29) is 5.91 Å². The largest absolute Gasteiger partial charge is 0.466 e. The van der Waals surface area contributed by atoms with Crippen LogP contribution >= 0.6 is 0 Å². The standard InChI is InChI=1S/C22H26N4O3/c1-13-10-17(15(3)28-13)19-11-18(20-14(2)24-29-21(20)23-19)22(27)26-9-8-25-7-5-4-6-16(25)12-26/h10-11,16H,4-9,12H2,1-3H3. The molecule has 3 aromatic heterocycles. The molecule has 2 fully saturated rings. The number of furan rings is 1. The molecule has 1 unspecified atom stereocenters. The summed E-state index contributed by atoms with van der Waals surface area (Å²) in [5.41, 5.74) is 3.27. The van der Waals surface area contributed by atoms with Crippen molar-refractivity contribution in [2.24, 2.45) is 0 Å². The van der Waals surface area contributed by atoms with Gasteiger partial charge in [0.2, 0.25) is 0 Å². The van der Waals surface area contributed by atoms with Gasteiger partial charge in [0.05, 0.1) is 22.3 Å². The SMILES string of the molecule is Cc1cc(-c2cc(C(=O)N3CCN4CCCCC4C3)c3c(C)noc3n2)c(C)o1. The van der Waals surface area contributed by atoms with Crippen LogP contribution in [0.15, 0.2) is 21.1 Å². The molecule has 3 aromatic rings. The fraction of sp³-hybridized carbons (Fsp3) is 0.500. The summed E-state index contributed by atoms with van der Waals surface area (Å²) in [4.78, 5) is 22.7. The monoisotopic (exact) mass is 394 g/mol. The Hall–Kier alpha value is -2.67. The number of piperidine rings is 1. The lowest BCUT2D eigenvalue weighted by Crippen LogP contribution is -2.56. The van der Waals surface area contributed by atoms with Crippen LogP contribution < -0.4 is 0 Å². The van der Waals surface area contributed by atoms with E-state index in [0.29, 0.717) is 34.1 Å². The number of fused-ring (bicyclic) bond motifs is 2. The summed E-state index contributed by atoms with van der Waals surface area (Å²) in [5.74, 6) is 1.63. The summed E-state index contributed by atoms with van der Waals surface area (Å²) in [6.45, 7) is 9.30. The third-order valence-corrected chi connectivity index (χ3v) is 6.29. The van der Waals surface area contributed by atoms with E-state index < -0.39 is 0 Å². The van der Waals surface area contributed by atoms with Crippen LogP contribution in [0, 0.1) is 20.8 Å². The molecule has 7 heteroatoms. The third-order valence-electron chi connectivity index (χ3n) is 6.29. The highest BCUT2D eigenvalue weighted by molar-refractivity contribution is 6.07. The molecule has 152 valence electrons. The fourth-order valence-corrected chi connectivity index (χ4v) is 4.80. The molecule has 5 heterocycles. The van der Waals surface area contributed by atoms with Gasteiger partial charge in [-0.3, -0.25) is 9.69 Å². The molecule has 2 aliphatic rings. The molecule has 0 bridgehead atoms. The number of aromatic nitrogens is 2. The molecule has 5 rings (SSSR count). The van der Waals surface area contributed by atoms with Gasteiger partial charge in [0.15, 0.2) is 0 Å². The Labute approximate surface area is 169 Å². The molecule has 2 saturated heterocycles. The van der Waals surface area contributed by atoms with Crippen molar-refractivity contribution in [3.8, 4) is 11.3 Å². The Bertz CT molecular complexity index is 1080. The summed E-state index contributed by atoms with van der Waals surface area (Å²) >= 11 is 0. The number of rotatable bonds is 2. The highest BCUT2D eigenvalue weighted by Gasteiger charge is 2.33. The Morgan fingerprint density at radius 3 is 2.79 bits per heavy atom. The zero-order valence-corrected chi connectivity index (χ0v) is 17.2. The first-order valence-electron chi connectivity index (χ1n) is 10.4. The van der Waals surface area contributed by atoms with Crippen LogP contribution in [0.4, 0.5) is 0 Å². The smallest absolute Gasteiger partial charge is 0.259 e. The van der Waals surface area contributed by atoms with E-state index in [0.717, 1.165) is 43.3 Å². The number of piperazine rings is 1. The van der Waals surface area contributed by atoms with Crippen molar-refractivity contribution < 1.29 is 13.7 Å². The number of carbonyl (C=O) groups excluding carboxylic acids is 1. The van der Waals surface area contributed by atoms with Crippen molar-refractivity contribution in [2.75, 3.05) is 26.2 Å². The number of hydrogen-bond donors (Lipinski definition) is 0. The van der Waals surface area contributed by atoms with Gasteiger partial charge in [-0.15, -0.1) is 0 Å². The minimum Gasteiger partial charge on any atom is -0.466 e. The second-order valence-electron chi connectivity index (χ2n) is 8.27. The van der Waals surface area contributed by atoms with Crippen LogP contribution in [0.5, 0.6) is 0 Å². The van der Waals surface area contributed by atoms with E-state index in [2.05, 4.69) is 15.0 Å². The van der Waals surface area contributed by atoms with Crippen molar-refractivity contribution in [1.29, 1.82) is 0 Å². The summed E-state index contributed by atoms with van der Waals surface area (Å²) < 4.78 is 11.1. The molecule has 2 aliphatic heterocycles. The molecule has 0 aliphatic carbocycles. The van der Waals surface area contributed by atoms with Crippen molar-refractivity contribution >= 4 is 17.0 Å². The third kappa shape index (κ3) is 3.13. The van der Waals surface area contributed by atoms with Crippen LogP contribution in [0.3, 0.4) is 0 Å². The molecule has 0 spiro atoms. The molecular weight excluding hydrogens is 368 g/mol. The van der Waals surface area contributed by atoms with E-state index in [1.807, 2.05) is 37.8 Å². The van der Waals surface area contributed by atoms with E-state index >= 15 is 0 Å². The Morgan fingerprint density at radius 2 is 2.00 bits per heavy atom. The predicted octanol–water partition coefficient (Wildman–Crippen LogP) is 3.72. The normalized spacial score (nSPS) is 20.2. The first-order chi connectivity index (χ1) is 14.0. The number of nitrogens with zero attached hydrogens (tertiary/aromatic N) is 4. The molecular formula is C22H26N4O3. The van der Waals surface area contributed by atoms with Crippen LogP contribution in [0.2, 0.25) is 0 Å². The average Bonchev–Trinajstić information content (AvgIpc) is 3.27. The second kappa shape index (κ2) is 6.99. The summed E-state index contributed by atoms with van der Waals surface area (Å²) in [6.07, 6.45) is 3.68. The lowest BCUT2D eigenvalue weighted by atomic mass is 9.98. The zero-order valence-electron chi connectivity index (χ0n) is 17.2. The van der Waals surface area contributed by atoms with Gasteiger partial charge >= 0.3 is 0 Å². The van der Waals surface area contributed by atoms with Crippen molar-refractivity contribution in [3.63, 3.8) is 0 Å². The maximum absolute atomic E-state index is 13.6. The maximum Gasteiger partial charge on any atom is 0.259 e. The second-order valence-corrected chi connectivity index (χ2v) is 8.27. The minimum atomic E-state index is 0.0352. The number of hydrogen-bond acceptors (Lipinski definition) is 6. The Morgan fingerprint density at radius 1 is 1.14 bits per heavy atom. The summed E-state index contributed by atoms with van der Waals surface area (Å²) in [5, 5.41) is 4.78. The number of amides is 1. The highest BCUT2D eigenvalue weighted by atomic mass is 16.5. The molecule has 0 radical (unpaired) electrons. The van der Waals surface area contributed by atoms with Gasteiger partial charge in [-0.1, -0.05) is 11.6 Å². The van der Waals surface area contributed by atoms with Crippen LogP contribution in [-0.4, -0.2) is 58.1 Å².